The quantitative estimate of drug-likeness (QED) is 0.667. The van der Waals surface area contributed by atoms with Gasteiger partial charge >= 0.3 is 5.97 Å². The minimum absolute atomic E-state index is 0.0722. The van der Waals surface area contributed by atoms with Crippen molar-refractivity contribution in [3.63, 3.8) is 0 Å². The van der Waals surface area contributed by atoms with Crippen LogP contribution in [0.1, 0.15) is 10.4 Å². The SMILES string of the molecule is C=CCNS(=O)(=O)c1cc(C(=O)O)ccc1NC. The summed E-state index contributed by atoms with van der Waals surface area (Å²) in [5.74, 6) is -1.18. The number of anilines is 1. The number of carboxylic acid groups (broad SMARTS) is 1. The van der Waals surface area contributed by atoms with Crippen LogP contribution in [0.25, 0.3) is 0 Å². The predicted molar refractivity (Wildman–Crippen MR) is 68.3 cm³/mol. The van der Waals surface area contributed by atoms with Crippen LogP contribution in [0, 0.1) is 0 Å². The van der Waals surface area contributed by atoms with Gasteiger partial charge < -0.3 is 10.4 Å². The molecule has 0 saturated heterocycles. The molecule has 3 N–H and O–H groups in total. The zero-order valence-electron chi connectivity index (χ0n) is 9.80. The first-order chi connectivity index (χ1) is 8.42. The highest BCUT2D eigenvalue weighted by Crippen LogP contribution is 2.22. The number of hydrogen-bond acceptors (Lipinski definition) is 4. The van der Waals surface area contributed by atoms with Crippen LogP contribution in [0.5, 0.6) is 0 Å². The second-order valence-electron chi connectivity index (χ2n) is 3.41. The van der Waals surface area contributed by atoms with Gasteiger partial charge in [-0.25, -0.2) is 17.9 Å². The highest BCUT2D eigenvalue weighted by Gasteiger charge is 2.19. The zero-order valence-corrected chi connectivity index (χ0v) is 10.6. The minimum Gasteiger partial charge on any atom is -0.478 e. The standard InChI is InChI=1S/C11H14N2O4S/c1-3-6-13-18(16,17)10-7-8(11(14)15)4-5-9(10)12-2/h3-5,7,12-13H,1,6H2,2H3,(H,14,15). The second kappa shape index (κ2) is 5.65. The smallest absolute Gasteiger partial charge is 0.335 e. The third kappa shape index (κ3) is 3.08. The first kappa shape index (κ1) is 14.2. The average Bonchev–Trinajstić information content (AvgIpc) is 2.35. The van der Waals surface area contributed by atoms with Crippen molar-refractivity contribution in [1.29, 1.82) is 0 Å². The van der Waals surface area contributed by atoms with Crippen molar-refractivity contribution in [1.82, 2.24) is 4.72 Å². The number of rotatable bonds is 6. The molecule has 7 heteroatoms. The summed E-state index contributed by atoms with van der Waals surface area (Å²) in [6.45, 7) is 3.48. The number of aromatic carboxylic acids is 1. The summed E-state index contributed by atoms with van der Waals surface area (Å²) in [5, 5.41) is 11.6. The lowest BCUT2D eigenvalue weighted by molar-refractivity contribution is 0.0696. The van der Waals surface area contributed by atoms with E-state index in [1.807, 2.05) is 0 Å². The number of benzene rings is 1. The van der Waals surface area contributed by atoms with Gasteiger partial charge in [-0.1, -0.05) is 6.08 Å². The van der Waals surface area contributed by atoms with E-state index in [2.05, 4.69) is 16.6 Å². The highest BCUT2D eigenvalue weighted by atomic mass is 32.2. The number of carbonyl (C=O) groups is 1. The molecule has 0 spiro atoms. The lowest BCUT2D eigenvalue weighted by Gasteiger charge is -2.11. The third-order valence-corrected chi connectivity index (χ3v) is 3.67. The maximum atomic E-state index is 12.0. The van der Waals surface area contributed by atoms with E-state index >= 15 is 0 Å². The van der Waals surface area contributed by atoms with E-state index in [1.165, 1.54) is 18.2 Å². The van der Waals surface area contributed by atoms with Crippen LogP contribution < -0.4 is 10.0 Å². The summed E-state index contributed by atoms with van der Waals surface area (Å²) in [5.41, 5.74) is 0.240. The fourth-order valence-corrected chi connectivity index (χ4v) is 2.57. The summed E-state index contributed by atoms with van der Waals surface area (Å²) in [6, 6.07) is 3.85. The van der Waals surface area contributed by atoms with Gasteiger partial charge in [-0.3, -0.25) is 0 Å². The molecule has 1 rings (SSSR count). The molecule has 98 valence electrons. The van der Waals surface area contributed by atoms with Gasteiger partial charge in [0.1, 0.15) is 4.90 Å². The van der Waals surface area contributed by atoms with Gasteiger partial charge in [0.15, 0.2) is 0 Å². The highest BCUT2D eigenvalue weighted by molar-refractivity contribution is 7.89. The fourth-order valence-electron chi connectivity index (χ4n) is 1.33. The Balaban J connectivity index is 3.31. The summed E-state index contributed by atoms with van der Waals surface area (Å²) in [7, 11) is -2.21. The van der Waals surface area contributed by atoms with Crippen molar-refractivity contribution in [2.45, 2.75) is 4.90 Å². The minimum atomic E-state index is -3.77. The molecule has 6 nitrogen and oxygen atoms in total. The van der Waals surface area contributed by atoms with Gasteiger partial charge in [-0.2, -0.15) is 0 Å². The van der Waals surface area contributed by atoms with E-state index in [1.54, 1.807) is 7.05 Å². The van der Waals surface area contributed by atoms with Crippen LogP contribution in [0.15, 0.2) is 35.7 Å². The van der Waals surface area contributed by atoms with Crippen LogP contribution >= 0.6 is 0 Å². The summed E-state index contributed by atoms with van der Waals surface area (Å²) in [4.78, 5) is 10.7. The van der Waals surface area contributed by atoms with Crippen LogP contribution in [0.4, 0.5) is 5.69 Å². The Labute approximate surface area is 105 Å². The number of sulfonamides is 1. The molecule has 1 aromatic carbocycles. The molecule has 0 aromatic heterocycles. The Kier molecular flexibility index (Phi) is 4.46. The zero-order chi connectivity index (χ0) is 13.8. The molecule has 0 amide bonds. The fraction of sp³-hybridized carbons (Fsp3) is 0.182. The van der Waals surface area contributed by atoms with Crippen molar-refractivity contribution in [3.05, 3.63) is 36.4 Å². The molecule has 0 radical (unpaired) electrons. The monoisotopic (exact) mass is 270 g/mol. The van der Waals surface area contributed by atoms with Crippen LogP contribution in [-0.4, -0.2) is 33.1 Å². The number of nitrogens with one attached hydrogen (secondary N) is 2. The number of hydrogen-bond donors (Lipinski definition) is 3. The van der Waals surface area contributed by atoms with Crippen molar-refractivity contribution >= 4 is 21.7 Å². The van der Waals surface area contributed by atoms with E-state index < -0.39 is 16.0 Å². The van der Waals surface area contributed by atoms with Gasteiger partial charge in [0.2, 0.25) is 10.0 Å². The molecule has 0 aliphatic carbocycles. The summed E-state index contributed by atoms with van der Waals surface area (Å²) < 4.78 is 26.2. The topological polar surface area (TPSA) is 95.5 Å². The van der Waals surface area contributed by atoms with E-state index in [0.29, 0.717) is 5.69 Å². The Hall–Kier alpha value is -1.86. The molecular weight excluding hydrogens is 256 g/mol. The maximum Gasteiger partial charge on any atom is 0.335 e. The molecule has 0 saturated carbocycles. The molecule has 18 heavy (non-hydrogen) atoms. The predicted octanol–water partition coefficient (Wildman–Crippen LogP) is 0.891. The first-order valence-corrected chi connectivity index (χ1v) is 6.56. The molecular formula is C11H14N2O4S. The average molecular weight is 270 g/mol. The van der Waals surface area contributed by atoms with Gasteiger partial charge in [-0.15, -0.1) is 6.58 Å². The molecule has 1 aromatic rings. The largest absolute Gasteiger partial charge is 0.478 e. The maximum absolute atomic E-state index is 12.0. The Bertz CT molecular complexity index is 566. The van der Waals surface area contributed by atoms with Gasteiger partial charge in [-0.05, 0) is 18.2 Å². The second-order valence-corrected chi connectivity index (χ2v) is 5.14. The van der Waals surface area contributed by atoms with E-state index in [-0.39, 0.29) is 17.0 Å². The van der Waals surface area contributed by atoms with E-state index in [0.717, 1.165) is 6.07 Å². The number of carboxylic acids is 1. The van der Waals surface area contributed by atoms with Gasteiger partial charge in [0.05, 0.1) is 11.3 Å². The van der Waals surface area contributed by atoms with Gasteiger partial charge in [0.25, 0.3) is 0 Å². The normalized spacial score (nSPS) is 10.9. The lowest BCUT2D eigenvalue weighted by Crippen LogP contribution is -2.24. The van der Waals surface area contributed by atoms with Gasteiger partial charge in [0, 0.05) is 13.6 Å². The van der Waals surface area contributed by atoms with E-state index in [4.69, 9.17) is 5.11 Å². The molecule has 0 aliphatic rings. The Morgan fingerprint density at radius 3 is 2.67 bits per heavy atom. The molecule has 0 fully saturated rings. The Morgan fingerprint density at radius 2 is 2.17 bits per heavy atom. The lowest BCUT2D eigenvalue weighted by atomic mass is 10.2. The summed E-state index contributed by atoms with van der Waals surface area (Å²) >= 11 is 0. The molecule has 0 atom stereocenters. The van der Waals surface area contributed by atoms with Crippen LogP contribution in [0.2, 0.25) is 0 Å². The van der Waals surface area contributed by atoms with Crippen molar-refractivity contribution in [3.8, 4) is 0 Å². The molecule has 0 bridgehead atoms. The van der Waals surface area contributed by atoms with Crippen LogP contribution in [0.3, 0.4) is 0 Å². The van der Waals surface area contributed by atoms with Crippen molar-refractivity contribution < 1.29 is 18.3 Å². The van der Waals surface area contributed by atoms with Crippen LogP contribution in [-0.2, 0) is 10.0 Å². The van der Waals surface area contributed by atoms with Crippen molar-refractivity contribution in [2.24, 2.45) is 0 Å². The van der Waals surface area contributed by atoms with Crippen molar-refractivity contribution in [2.75, 3.05) is 18.9 Å². The van der Waals surface area contributed by atoms with E-state index in [9.17, 15) is 13.2 Å². The third-order valence-electron chi connectivity index (χ3n) is 2.21. The molecule has 0 aliphatic heterocycles. The molecule has 0 unspecified atom stereocenters. The summed E-state index contributed by atoms with van der Waals surface area (Å²) in [6.07, 6.45) is 1.40. The Morgan fingerprint density at radius 1 is 1.50 bits per heavy atom. The molecule has 0 heterocycles. The first-order valence-electron chi connectivity index (χ1n) is 5.08.